The third-order valence-corrected chi connectivity index (χ3v) is 11.5. The number of nitrogens with zero attached hydrogens (tertiary/aromatic N) is 7. The number of carbonyl (C=O) groups is 5. The number of aliphatic hydroxyl groups excluding tert-OH is 1. The number of aliphatic hydroxyl groups is 1. The van der Waals surface area contributed by atoms with Gasteiger partial charge in [-0.25, -0.2) is 4.39 Å². The van der Waals surface area contributed by atoms with E-state index in [2.05, 4.69) is 35.6 Å². The maximum atomic E-state index is 15.6. The van der Waals surface area contributed by atoms with E-state index in [-0.39, 0.29) is 53.2 Å². The van der Waals surface area contributed by atoms with E-state index < -0.39 is 41.7 Å². The molecule has 0 radical (unpaired) electrons. The van der Waals surface area contributed by atoms with Gasteiger partial charge in [-0.15, -0.1) is 10.2 Å². The number of hydrogen-bond acceptors (Lipinski definition) is 13. The molecule has 8 rings (SSSR count). The first-order valence-electron chi connectivity index (χ1n) is 18.9. The lowest BCUT2D eigenvalue weighted by Crippen LogP contribution is -2.54. The molecule has 0 aliphatic carbocycles. The van der Waals surface area contributed by atoms with Gasteiger partial charge in [-0.3, -0.25) is 34.2 Å². The summed E-state index contributed by atoms with van der Waals surface area (Å²) in [6.45, 7) is 5.13. The van der Waals surface area contributed by atoms with Gasteiger partial charge in [0, 0.05) is 50.5 Å². The minimum Gasteiger partial charge on any atom is -0.391 e. The summed E-state index contributed by atoms with van der Waals surface area (Å²) >= 11 is 0. The number of likely N-dealkylation sites (tertiary alicyclic amines) is 1. The van der Waals surface area contributed by atoms with Crippen LogP contribution in [0.3, 0.4) is 0 Å². The summed E-state index contributed by atoms with van der Waals surface area (Å²) in [5, 5.41) is 23.3. The molecule has 0 bridgehead atoms. The summed E-state index contributed by atoms with van der Waals surface area (Å²) < 4.78 is 15.6. The minimum absolute atomic E-state index is 0.0517. The number of imide groups is 2. The first-order chi connectivity index (χ1) is 26.5. The van der Waals surface area contributed by atoms with Crippen molar-refractivity contribution in [2.45, 2.75) is 63.0 Å². The summed E-state index contributed by atoms with van der Waals surface area (Å²) in [5.41, 5.74) is 7.79. The second kappa shape index (κ2) is 14.9. The molecule has 2 unspecified atom stereocenters. The monoisotopic (exact) mass is 754 g/mol. The average molecular weight is 755 g/mol. The number of fused-ring (bicyclic) bond motifs is 1. The predicted molar refractivity (Wildman–Crippen MR) is 197 cm³/mol. The van der Waals surface area contributed by atoms with E-state index in [1.165, 1.54) is 6.07 Å². The fourth-order valence-electron chi connectivity index (χ4n) is 8.58. The molecule has 0 saturated carbocycles. The molecule has 4 fully saturated rings. The van der Waals surface area contributed by atoms with Crippen molar-refractivity contribution in [3.05, 3.63) is 64.6 Å². The summed E-state index contributed by atoms with van der Waals surface area (Å²) in [6, 6.07) is 9.16. The van der Waals surface area contributed by atoms with E-state index >= 15 is 4.39 Å². The molecule has 4 saturated heterocycles. The third-order valence-electron chi connectivity index (χ3n) is 11.5. The standard InChI is InChI=1S/C38H43FN10O6/c39-29-16-23(41-34-32(33(40)52)44-45-38(43-34)48-12-1-2-25(50)20-48)3-5-26(29)22-10-13-46(14-11-22)18-21-9-15-47(19-21)24-4-6-27-28(17-24)37(55)49(36(27)54)30-7-8-31(51)42-35(30)53/h3-6,16-17,21-22,25,30,50H,1-2,7-15,18-20H2,(H2,40,52)(H,41,43,45)(H,42,51,53)/t21?,25-,30?/m1/s1. The quantitative estimate of drug-likeness (QED) is 0.231. The van der Waals surface area contributed by atoms with Crippen molar-refractivity contribution in [1.29, 1.82) is 0 Å². The van der Waals surface area contributed by atoms with E-state index in [0.717, 1.165) is 69.0 Å². The molecular weight excluding hydrogens is 711 g/mol. The zero-order valence-corrected chi connectivity index (χ0v) is 30.2. The molecule has 5 N–H and O–H groups in total. The number of β-amino-alcohol motifs (C(OH)–C–C–N with tert-alkyl or cyclic N) is 1. The van der Waals surface area contributed by atoms with Crippen molar-refractivity contribution in [2.24, 2.45) is 11.7 Å². The van der Waals surface area contributed by atoms with Crippen LogP contribution in [0, 0.1) is 11.7 Å². The topological polar surface area (TPSA) is 207 Å². The van der Waals surface area contributed by atoms with Crippen LogP contribution in [0.1, 0.15) is 87.6 Å². The number of hydrogen-bond donors (Lipinski definition) is 4. The summed E-state index contributed by atoms with van der Waals surface area (Å²) in [7, 11) is 0. The molecule has 6 heterocycles. The highest BCUT2D eigenvalue weighted by Gasteiger charge is 2.45. The Morgan fingerprint density at radius 2 is 1.71 bits per heavy atom. The second-order valence-corrected chi connectivity index (χ2v) is 15.1. The number of nitrogens with two attached hydrogens (primary N) is 1. The van der Waals surface area contributed by atoms with Gasteiger partial charge in [0.15, 0.2) is 11.5 Å². The van der Waals surface area contributed by atoms with Crippen molar-refractivity contribution in [3.8, 4) is 0 Å². The first-order valence-corrected chi connectivity index (χ1v) is 18.9. The largest absolute Gasteiger partial charge is 0.391 e. The molecule has 5 aliphatic heterocycles. The van der Waals surface area contributed by atoms with E-state index in [4.69, 9.17) is 5.73 Å². The average Bonchev–Trinajstić information content (AvgIpc) is 3.73. The maximum Gasteiger partial charge on any atom is 0.273 e. The molecule has 5 aliphatic rings. The van der Waals surface area contributed by atoms with Crippen LogP contribution in [0.2, 0.25) is 0 Å². The molecule has 5 amide bonds. The molecule has 55 heavy (non-hydrogen) atoms. The Morgan fingerprint density at radius 1 is 0.909 bits per heavy atom. The zero-order chi connectivity index (χ0) is 38.4. The fraction of sp³-hybridized carbons (Fsp3) is 0.474. The Bertz CT molecular complexity index is 2060. The Morgan fingerprint density at radius 3 is 2.45 bits per heavy atom. The van der Waals surface area contributed by atoms with Crippen LogP contribution in [0.4, 0.5) is 27.5 Å². The number of halogens is 1. The highest BCUT2D eigenvalue weighted by atomic mass is 19.1. The number of nitrogens with one attached hydrogen (secondary N) is 2. The Labute approximate surface area is 316 Å². The molecule has 17 heteroatoms. The van der Waals surface area contributed by atoms with Gasteiger partial charge in [0.1, 0.15) is 11.9 Å². The van der Waals surface area contributed by atoms with Gasteiger partial charge in [-0.1, -0.05) is 6.07 Å². The number of piperidine rings is 3. The van der Waals surface area contributed by atoms with E-state index in [1.54, 1.807) is 29.2 Å². The van der Waals surface area contributed by atoms with Gasteiger partial charge >= 0.3 is 0 Å². The number of amides is 5. The SMILES string of the molecule is NC(=O)c1nnc(N2CCC[C@@H](O)C2)nc1Nc1ccc(C2CCN(CC3CCN(c4ccc5c(c4)C(=O)N(C4CCC(=O)NC4=O)C5=O)C3)CC2)c(F)c1. The van der Waals surface area contributed by atoms with Crippen molar-refractivity contribution < 1.29 is 33.5 Å². The van der Waals surface area contributed by atoms with Crippen molar-refractivity contribution in [1.82, 2.24) is 30.3 Å². The number of anilines is 4. The molecular formula is C38H43FN10O6. The number of primary amides is 1. The van der Waals surface area contributed by atoms with Gasteiger partial charge in [-0.05, 0) is 99.3 Å². The summed E-state index contributed by atoms with van der Waals surface area (Å²) in [4.78, 5) is 74.5. The number of aromatic nitrogens is 3. The van der Waals surface area contributed by atoms with Crippen LogP contribution in [0.25, 0.3) is 0 Å². The summed E-state index contributed by atoms with van der Waals surface area (Å²) in [6.07, 6.45) is 3.69. The fourth-order valence-corrected chi connectivity index (χ4v) is 8.58. The lowest BCUT2D eigenvalue weighted by atomic mass is 9.88. The van der Waals surface area contributed by atoms with Crippen LogP contribution in [-0.2, 0) is 9.59 Å². The van der Waals surface area contributed by atoms with Crippen molar-refractivity contribution >= 4 is 52.7 Å². The molecule has 1 aromatic heterocycles. The second-order valence-electron chi connectivity index (χ2n) is 15.1. The maximum absolute atomic E-state index is 15.6. The van der Waals surface area contributed by atoms with Gasteiger partial charge in [-0.2, -0.15) is 4.98 Å². The van der Waals surface area contributed by atoms with Crippen LogP contribution in [-0.4, -0.2) is 118 Å². The van der Waals surface area contributed by atoms with Crippen LogP contribution in [0.15, 0.2) is 36.4 Å². The van der Waals surface area contributed by atoms with E-state index in [9.17, 15) is 29.1 Å². The number of benzene rings is 2. The highest BCUT2D eigenvalue weighted by molar-refractivity contribution is 6.23. The lowest BCUT2D eigenvalue weighted by molar-refractivity contribution is -0.136. The third kappa shape index (κ3) is 7.33. The van der Waals surface area contributed by atoms with Gasteiger partial charge in [0.25, 0.3) is 17.7 Å². The molecule has 2 aromatic carbocycles. The van der Waals surface area contributed by atoms with Gasteiger partial charge < -0.3 is 30.9 Å². The molecule has 16 nitrogen and oxygen atoms in total. The molecule has 288 valence electrons. The molecule has 3 atom stereocenters. The van der Waals surface area contributed by atoms with Gasteiger partial charge in [0.2, 0.25) is 17.8 Å². The predicted octanol–water partition coefficient (Wildman–Crippen LogP) is 1.92. The summed E-state index contributed by atoms with van der Waals surface area (Å²) in [5.74, 6) is -2.47. The lowest BCUT2D eigenvalue weighted by Gasteiger charge is -2.34. The van der Waals surface area contributed by atoms with Crippen LogP contribution >= 0.6 is 0 Å². The van der Waals surface area contributed by atoms with Crippen LogP contribution < -0.4 is 26.2 Å². The van der Waals surface area contributed by atoms with E-state index in [0.29, 0.717) is 36.7 Å². The number of rotatable bonds is 9. The van der Waals surface area contributed by atoms with Crippen LogP contribution in [0.5, 0.6) is 0 Å². The minimum atomic E-state index is -0.997. The molecule has 3 aromatic rings. The Balaban J connectivity index is 0.851. The highest BCUT2D eigenvalue weighted by Crippen LogP contribution is 2.35. The van der Waals surface area contributed by atoms with E-state index in [1.807, 2.05) is 6.07 Å². The van der Waals surface area contributed by atoms with Crippen molar-refractivity contribution in [3.63, 3.8) is 0 Å². The van der Waals surface area contributed by atoms with Crippen molar-refractivity contribution in [2.75, 3.05) is 60.9 Å². The smallest absolute Gasteiger partial charge is 0.273 e. The normalized spacial score (nSPS) is 23.7. The Kier molecular flexibility index (Phi) is 9.89. The van der Waals surface area contributed by atoms with Gasteiger partial charge in [0.05, 0.1) is 17.2 Å². The Hall–Kier alpha value is -5.55. The molecule has 0 spiro atoms. The number of carbonyl (C=O) groups excluding carboxylic acids is 5. The zero-order valence-electron chi connectivity index (χ0n) is 30.2. The first kappa shape index (κ1) is 36.4.